The molecule has 0 aliphatic carbocycles. The fraction of sp³-hybridized carbons (Fsp3) is 0.143. The van der Waals surface area contributed by atoms with Gasteiger partial charge in [-0.1, -0.05) is 18.2 Å². The highest BCUT2D eigenvalue weighted by molar-refractivity contribution is 7.86. The number of hydrogen-bond acceptors (Lipinski definition) is 4. The first-order valence-corrected chi connectivity index (χ1v) is 4.81. The lowest BCUT2D eigenvalue weighted by Crippen LogP contribution is -2.22. The summed E-state index contributed by atoms with van der Waals surface area (Å²) in [5.74, 6) is 0. The van der Waals surface area contributed by atoms with Gasteiger partial charge in [0.05, 0.1) is 4.90 Å². The number of alkyl halides is 1. The molecule has 0 amide bonds. The molecule has 72 valence electrons. The largest absolute Gasteiger partial charge is 0.300 e. The maximum Gasteiger partial charge on any atom is 0.300 e. The first-order chi connectivity index (χ1) is 6.02. The van der Waals surface area contributed by atoms with Crippen molar-refractivity contribution in [1.29, 1.82) is 0 Å². The van der Waals surface area contributed by atoms with E-state index in [0.717, 1.165) is 0 Å². The molecule has 0 saturated heterocycles. The Morgan fingerprint density at radius 2 is 1.85 bits per heavy atom. The Kier molecular flexibility index (Phi) is 2.97. The van der Waals surface area contributed by atoms with Gasteiger partial charge in [0.2, 0.25) is 0 Å². The minimum Gasteiger partial charge on any atom is -0.278 e. The fourth-order valence-corrected chi connectivity index (χ4v) is 1.61. The third-order valence-electron chi connectivity index (χ3n) is 1.25. The third-order valence-corrected chi connectivity index (χ3v) is 2.54. The Balaban J connectivity index is 2.96. The zero-order chi connectivity index (χ0) is 9.90. The maximum absolute atomic E-state index is 12.1. The quantitative estimate of drug-likeness (QED) is 0.445. The molecule has 1 aromatic carbocycles. The van der Waals surface area contributed by atoms with Crippen molar-refractivity contribution in [1.82, 2.24) is 0 Å². The molecule has 4 nitrogen and oxygen atoms in total. The van der Waals surface area contributed by atoms with Crippen molar-refractivity contribution in [2.24, 2.45) is 5.73 Å². The Labute approximate surface area is 75.2 Å². The van der Waals surface area contributed by atoms with Gasteiger partial charge in [0.15, 0.2) is 0 Å². The Hall–Kier alpha value is -0.980. The molecule has 0 heterocycles. The average Bonchev–Trinajstić information content (AvgIpc) is 2.04. The topological polar surface area (TPSA) is 69.4 Å². The van der Waals surface area contributed by atoms with Crippen molar-refractivity contribution in [3.05, 3.63) is 30.3 Å². The second-order valence-corrected chi connectivity index (χ2v) is 3.79. The van der Waals surface area contributed by atoms with Crippen LogP contribution in [0.15, 0.2) is 35.2 Å². The highest BCUT2D eigenvalue weighted by Gasteiger charge is 2.17. The van der Waals surface area contributed by atoms with Crippen LogP contribution in [0.2, 0.25) is 0 Å². The number of benzene rings is 1. The van der Waals surface area contributed by atoms with E-state index < -0.39 is 16.6 Å². The molecule has 0 saturated carbocycles. The van der Waals surface area contributed by atoms with E-state index in [1.54, 1.807) is 6.07 Å². The van der Waals surface area contributed by atoms with E-state index >= 15 is 0 Å². The summed E-state index contributed by atoms with van der Waals surface area (Å²) in [7, 11) is -4.06. The Morgan fingerprint density at radius 3 is 2.31 bits per heavy atom. The van der Waals surface area contributed by atoms with Crippen LogP contribution in [0, 0.1) is 0 Å². The SMILES string of the molecule is NC(F)OS(=O)(=O)c1ccccc1. The zero-order valence-corrected chi connectivity index (χ0v) is 7.37. The molecule has 0 aromatic heterocycles. The molecule has 0 aliphatic heterocycles. The lowest BCUT2D eigenvalue weighted by atomic mass is 10.4. The summed E-state index contributed by atoms with van der Waals surface area (Å²) < 4.78 is 38.2. The van der Waals surface area contributed by atoms with Crippen LogP contribution in [-0.2, 0) is 14.3 Å². The molecule has 0 radical (unpaired) electrons. The zero-order valence-electron chi connectivity index (χ0n) is 6.55. The van der Waals surface area contributed by atoms with Gasteiger partial charge in [-0.3, -0.25) is 5.73 Å². The number of halogens is 1. The predicted octanol–water partition coefficient (Wildman–Crippen LogP) is 0.604. The summed E-state index contributed by atoms with van der Waals surface area (Å²) in [5.41, 5.74) is 4.55. The maximum atomic E-state index is 12.1. The molecule has 6 heteroatoms. The minimum atomic E-state index is -4.06. The van der Waals surface area contributed by atoms with E-state index in [0.29, 0.717) is 0 Å². The lowest BCUT2D eigenvalue weighted by Gasteiger charge is -2.04. The van der Waals surface area contributed by atoms with Crippen molar-refractivity contribution in [2.45, 2.75) is 11.4 Å². The van der Waals surface area contributed by atoms with E-state index in [1.807, 2.05) is 0 Å². The van der Waals surface area contributed by atoms with Crippen LogP contribution in [-0.4, -0.2) is 14.9 Å². The number of hydrogen-bond donors (Lipinski definition) is 1. The van der Waals surface area contributed by atoms with Crippen molar-refractivity contribution in [3.63, 3.8) is 0 Å². The summed E-state index contributed by atoms with van der Waals surface area (Å²) in [6.07, 6.45) is 0. The van der Waals surface area contributed by atoms with Gasteiger partial charge < -0.3 is 0 Å². The van der Waals surface area contributed by atoms with Crippen LogP contribution >= 0.6 is 0 Å². The second kappa shape index (κ2) is 3.82. The standard InChI is InChI=1S/C7H8FNO3S/c8-7(9)12-13(10,11)6-4-2-1-3-5-6/h1-5,7H,9H2. The molecular formula is C7H8FNO3S. The van der Waals surface area contributed by atoms with E-state index in [-0.39, 0.29) is 4.90 Å². The van der Waals surface area contributed by atoms with Gasteiger partial charge in [0, 0.05) is 0 Å². The molecule has 1 unspecified atom stereocenters. The van der Waals surface area contributed by atoms with Crippen LogP contribution in [0.1, 0.15) is 0 Å². The van der Waals surface area contributed by atoms with Crippen LogP contribution in [0.5, 0.6) is 0 Å². The van der Waals surface area contributed by atoms with Gasteiger partial charge in [-0.25, -0.2) is 4.18 Å². The predicted molar refractivity (Wildman–Crippen MR) is 43.8 cm³/mol. The summed E-state index contributed by atoms with van der Waals surface area (Å²) >= 11 is 0. The number of nitrogens with two attached hydrogens (primary N) is 1. The molecule has 1 aromatic rings. The normalized spacial score (nSPS) is 14.0. The third kappa shape index (κ3) is 2.76. The van der Waals surface area contributed by atoms with Gasteiger partial charge in [0.1, 0.15) is 0 Å². The van der Waals surface area contributed by atoms with Gasteiger partial charge in [-0.2, -0.15) is 12.8 Å². The average molecular weight is 205 g/mol. The van der Waals surface area contributed by atoms with Crippen molar-refractivity contribution < 1.29 is 17.0 Å². The molecule has 2 N–H and O–H groups in total. The summed E-state index contributed by atoms with van der Waals surface area (Å²) in [4.78, 5) is -0.122. The van der Waals surface area contributed by atoms with E-state index in [1.165, 1.54) is 24.3 Å². The van der Waals surface area contributed by atoms with Gasteiger partial charge in [0.25, 0.3) is 6.48 Å². The monoisotopic (exact) mass is 205 g/mol. The first kappa shape index (κ1) is 10.1. The Bertz CT molecular complexity index is 363. The van der Waals surface area contributed by atoms with Gasteiger partial charge in [-0.05, 0) is 12.1 Å². The van der Waals surface area contributed by atoms with Gasteiger partial charge >= 0.3 is 10.1 Å². The smallest absolute Gasteiger partial charge is 0.278 e. The molecule has 13 heavy (non-hydrogen) atoms. The van der Waals surface area contributed by atoms with E-state index in [2.05, 4.69) is 9.92 Å². The van der Waals surface area contributed by atoms with Crippen molar-refractivity contribution in [3.8, 4) is 0 Å². The molecule has 0 fully saturated rings. The summed E-state index contributed by atoms with van der Waals surface area (Å²) in [5, 5.41) is 0. The van der Waals surface area contributed by atoms with Gasteiger partial charge in [-0.15, -0.1) is 0 Å². The molecule has 0 spiro atoms. The van der Waals surface area contributed by atoms with Crippen molar-refractivity contribution >= 4 is 10.1 Å². The molecular weight excluding hydrogens is 197 g/mol. The highest BCUT2D eigenvalue weighted by atomic mass is 32.2. The van der Waals surface area contributed by atoms with Crippen LogP contribution in [0.25, 0.3) is 0 Å². The molecule has 1 atom stereocenters. The fourth-order valence-electron chi connectivity index (χ4n) is 0.764. The van der Waals surface area contributed by atoms with Crippen LogP contribution in [0.4, 0.5) is 4.39 Å². The summed E-state index contributed by atoms with van der Waals surface area (Å²) in [6, 6.07) is 7.21. The van der Waals surface area contributed by atoms with E-state index in [4.69, 9.17) is 0 Å². The van der Waals surface area contributed by atoms with Crippen molar-refractivity contribution in [2.75, 3.05) is 0 Å². The van der Waals surface area contributed by atoms with Crippen LogP contribution in [0.3, 0.4) is 0 Å². The highest BCUT2D eigenvalue weighted by Crippen LogP contribution is 2.12. The second-order valence-electron chi connectivity index (χ2n) is 2.21. The number of rotatable bonds is 3. The minimum absolute atomic E-state index is 0.122. The lowest BCUT2D eigenvalue weighted by molar-refractivity contribution is 0.0815. The molecule has 0 aliphatic rings. The molecule has 0 bridgehead atoms. The van der Waals surface area contributed by atoms with E-state index in [9.17, 15) is 12.8 Å². The molecule has 1 rings (SSSR count). The first-order valence-electron chi connectivity index (χ1n) is 3.40. The van der Waals surface area contributed by atoms with Crippen LogP contribution < -0.4 is 5.73 Å². The Morgan fingerprint density at radius 1 is 1.31 bits per heavy atom. The summed E-state index contributed by atoms with van der Waals surface area (Å²) in [6.45, 7) is -2.33.